The molecule has 3 amide bonds. The van der Waals surface area contributed by atoms with Crippen LogP contribution in [0, 0.1) is 25.7 Å². The summed E-state index contributed by atoms with van der Waals surface area (Å²) in [5, 5.41) is 13.8. The molecule has 4 aliphatic heterocycles. The van der Waals surface area contributed by atoms with Gasteiger partial charge in [-0.3, -0.25) is 19.2 Å². The minimum Gasteiger partial charge on any atom is -0.455 e. The molecule has 4 heterocycles. The number of rotatable bonds is 6. The summed E-state index contributed by atoms with van der Waals surface area (Å²) < 4.78 is 13.1. The molecule has 0 aliphatic carbocycles. The van der Waals surface area contributed by atoms with Crippen molar-refractivity contribution < 1.29 is 33.8 Å². The lowest BCUT2D eigenvalue weighted by Gasteiger charge is -2.39. The lowest BCUT2D eigenvalue weighted by molar-refractivity contribution is -0.160. The molecule has 0 aromatic heterocycles. The van der Waals surface area contributed by atoms with E-state index in [1.807, 2.05) is 98.8 Å². The number of fused-ring (bicyclic) bond motifs is 2. The van der Waals surface area contributed by atoms with Gasteiger partial charge in [0.05, 0.1) is 31.2 Å². The molecular weight excluding hydrogens is 646 g/mol. The van der Waals surface area contributed by atoms with Crippen LogP contribution in [0.1, 0.15) is 41.2 Å². The van der Waals surface area contributed by atoms with E-state index < -0.39 is 60.2 Å². The molecule has 0 radical (unpaired) electrons. The molecule has 7 rings (SSSR count). The summed E-state index contributed by atoms with van der Waals surface area (Å²) in [7, 11) is 0. The van der Waals surface area contributed by atoms with E-state index in [1.54, 1.807) is 23.1 Å². The van der Waals surface area contributed by atoms with Crippen molar-refractivity contribution in [2.24, 2.45) is 11.8 Å². The lowest BCUT2D eigenvalue weighted by atomic mass is 9.77. The fraction of sp³-hybridized carbons (Fsp3) is 0.366. The fourth-order valence-electron chi connectivity index (χ4n) is 8.10. The summed E-state index contributed by atoms with van der Waals surface area (Å²) in [5.41, 5.74) is 2.62. The predicted molar refractivity (Wildman–Crippen MR) is 190 cm³/mol. The molecule has 4 aliphatic rings. The fourth-order valence-corrected chi connectivity index (χ4v) is 8.10. The van der Waals surface area contributed by atoms with E-state index in [-0.39, 0.29) is 37.7 Å². The molecule has 3 aromatic rings. The van der Waals surface area contributed by atoms with Gasteiger partial charge in [-0.15, -0.1) is 0 Å². The maximum absolute atomic E-state index is 15.1. The predicted octanol–water partition coefficient (Wildman–Crippen LogP) is 4.14. The first-order valence-electron chi connectivity index (χ1n) is 17.6. The van der Waals surface area contributed by atoms with Crippen LogP contribution in [0.5, 0.6) is 0 Å². The monoisotopic (exact) mass is 689 g/mol. The number of likely N-dealkylation sites (tertiary alicyclic amines) is 1. The maximum Gasteiger partial charge on any atom is 0.313 e. The van der Waals surface area contributed by atoms with Crippen LogP contribution in [-0.2, 0) is 35.1 Å². The zero-order valence-electron chi connectivity index (χ0n) is 28.8. The van der Waals surface area contributed by atoms with Crippen molar-refractivity contribution in [1.82, 2.24) is 10.2 Å². The first kappa shape index (κ1) is 34.4. The minimum absolute atomic E-state index is 0.0574. The Morgan fingerprint density at radius 2 is 1.69 bits per heavy atom. The molecule has 10 heteroatoms. The van der Waals surface area contributed by atoms with Crippen molar-refractivity contribution in [2.45, 2.75) is 63.0 Å². The van der Waals surface area contributed by atoms with E-state index in [0.29, 0.717) is 17.7 Å². The van der Waals surface area contributed by atoms with Crippen LogP contribution in [0.15, 0.2) is 103 Å². The van der Waals surface area contributed by atoms with Gasteiger partial charge in [-0.05, 0) is 55.0 Å². The quantitative estimate of drug-likeness (QED) is 0.295. The van der Waals surface area contributed by atoms with Gasteiger partial charge >= 0.3 is 5.97 Å². The van der Waals surface area contributed by atoms with Crippen LogP contribution in [-0.4, -0.2) is 77.2 Å². The second-order valence-electron chi connectivity index (χ2n) is 13.9. The van der Waals surface area contributed by atoms with E-state index in [4.69, 9.17) is 9.47 Å². The molecule has 0 bridgehead atoms. The zero-order valence-corrected chi connectivity index (χ0v) is 28.8. The van der Waals surface area contributed by atoms with Gasteiger partial charge in [0.15, 0.2) is 0 Å². The van der Waals surface area contributed by atoms with Crippen molar-refractivity contribution in [1.29, 1.82) is 0 Å². The molecule has 264 valence electrons. The molecule has 2 saturated heterocycles. The number of aliphatic hydroxyl groups is 1. The second kappa shape index (κ2) is 14.3. The Bertz CT molecular complexity index is 1860. The van der Waals surface area contributed by atoms with E-state index in [2.05, 4.69) is 5.32 Å². The smallest absolute Gasteiger partial charge is 0.313 e. The molecule has 2 N–H and O–H groups in total. The standard InChI is InChI=1S/C41H43N3O7/c1-26-18-19-27(2)31(22-26)43-21-11-20-41-36(38(47)44(37(41)39(43)48)30(25-45)23-28-12-5-3-6-13-28)35-32(51-41)16-9-10-17-34(46)42-24-33(50-40(35)49)29-14-7-4-8-15-29/h3-9,11-16,18-20,22,30,32-33,35-37,45H,10,17,21,23-25H2,1-2H3,(H,42,46)/b16-9-/t30-,32-,33+,35+,36+,37-,41+/m1/s1. The number of aryl methyl sites for hydroxylation is 2. The number of carbonyl (C=O) groups is 4. The van der Waals surface area contributed by atoms with Gasteiger partial charge in [0, 0.05) is 18.7 Å². The number of amides is 3. The van der Waals surface area contributed by atoms with Gasteiger partial charge in [0.25, 0.3) is 5.91 Å². The largest absolute Gasteiger partial charge is 0.455 e. The number of anilines is 1. The molecular formula is C41H43N3O7. The second-order valence-corrected chi connectivity index (χ2v) is 13.9. The van der Waals surface area contributed by atoms with E-state index in [1.165, 1.54) is 4.90 Å². The molecule has 1 spiro atoms. The molecule has 7 atom stereocenters. The van der Waals surface area contributed by atoms with Gasteiger partial charge < -0.3 is 29.7 Å². The number of ether oxygens (including phenoxy) is 2. The van der Waals surface area contributed by atoms with Gasteiger partial charge in [-0.1, -0.05) is 97.1 Å². The molecule has 2 fully saturated rings. The number of hydrogen-bond acceptors (Lipinski definition) is 7. The Balaban J connectivity index is 1.35. The van der Waals surface area contributed by atoms with Crippen LogP contribution >= 0.6 is 0 Å². The SMILES string of the molecule is Cc1ccc(C)c(N2CC=C[C@]34O[C@@H]5/C=C\CCC(=O)NC[C@@H](c6ccccc6)OC(=O)[C@@H]5[C@H]3C(=O)N([C@@H](CO)Cc3ccccc3)[C@@H]4C2=O)c1. The highest BCUT2D eigenvalue weighted by molar-refractivity contribution is 6.06. The van der Waals surface area contributed by atoms with Gasteiger partial charge in [-0.2, -0.15) is 0 Å². The number of hydrogen-bond donors (Lipinski definition) is 2. The molecule has 0 saturated carbocycles. The van der Waals surface area contributed by atoms with Crippen LogP contribution in [0.25, 0.3) is 0 Å². The third-order valence-electron chi connectivity index (χ3n) is 10.6. The van der Waals surface area contributed by atoms with Crippen molar-refractivity contribution in [3.8, 4) is 0 Å². The van der Waals surface area contributed by atoms with Crippen molar-refractivity contribution >= 4 is 29.4 Å². The summed E-state index contributed by atoms with van der Waals surface area (Å²) >= 11 is 0. The average molecular weight is 690 g/mol. The van der Waals surface area contributed by atoms with Gasteiger partial charge in [0.2, 0.25) is 11.8 Å². The third kappa shape index (κ3) is 6.38. The zero-order chi connectivity index (χ0) is 35.7. The number of carbonyl (C=O) groups excluding carboxylic acids is 4. The maximum atomic E-state index is 15.1. The average Bonchev–Trinajstić information content (AvgIpc) is 3.53. The number of allylic oxidation sites excluding steroid dienone is 1. The Morgan fingerprint density at radius 3 is 2.43 bits per heavy atom. The number of benzene rings is 3. The topological polar surface area (TPSA) is 125 Å². The Hall–Kier alpha value is -5.06. The number of esters is 1. The van der Waals surface area contributed by atoms with Crippen LogP contribution in [0.3, 0.4) is 0 Å². The van der Waals surface area contributed by atoms with Crippen molar-refractivity contribution in [2.75, 3.05) is 24.6 Å². The number of cyclic esters (lactones) is 1. The minimum atomic E-state index is -1.54. The lowest BCUT2D eigenvalue weighted by Crippen LogP contribution is -2.58. The molecule has 0 unspecified atom stereocenters. The summed E-state index contributed by atoms with van der Waals surface area (Å²) in [6.45, 7) is 3.77. The van der Waals surface area contributed by atoms with E-state index in [0.717, 1.165) is 16.7 Å². The highest BCUT2D eigenvalue weighted by Crippen LogP contribution is 2.54. The van der Waals surface area contributed by atoms with Crippen LogP contribution < -0.4 is 10.2 Å². The highest BCUT2D eigenvalue weighted by atomic mass is 16.6. The van der Waals surface area contributed by atoms with Crippen LogP contribution in [0.4, 0.5) is 5.69 Å². The van der Waals surface area contributed by atoms with Crippen molar-refractivity contribution in [3.63, 3.8) is 0 Å². The normalized spacial score (nSPS) is 29.1. The number of nitrogens with one attached hydrogen (secondary N) is 1. The first-order valence-corrected chi connectivity index (χ1v) is 17.6. The van der Waals surface area contributed by atoms with E-state index >= 15 is 9.59 Å². The molecule has 51 heavy (non-hydrogen) atoms. The Kier molecular flexibility index (Phi) is 9.63. The Labute approximate surface area is 297 Å². The van der Waals surface area contributed by atoms with Crippen LogP contribution in [0.2, 0.25) is 0 Å². The highest BCUT2D eigenvalue weighted by Gasteiger charge is 2.72. The summed E-state index contributed by atoms with van der Waals surface area (Å²) in [5.74, 6) is -3.89. The van der Waals surface area contributed by atoms with E-state index in [9.17, 15) is 14.7 Å². The molecule has 3 aromatic carbocycles. The first-order chi connectivity index (χ1) is 24.7. The number of nitrogens with zero attached hydrogens (tertiary/aromatic N) is 2. The Morgan fingerprint density at radius 1 is 0.941 bits per heavy atom. The van der Waals surface area contributed by atoms with Crippen molar-refractivity contribution in [3.05, 3.63) is 125 Å². The summed E-state index contributed by atoms with van der Waals surface area (Å²) in [6, 6.07) is 22.6. The van der Waals surface area contributed by atoms with Gasteiger partial charge in [-0.25, -0.2) is 0 Å². The molecule has 10 nitrogen and oxygen atoms in total. The summed E-state index contributed by atoms with van der Waals surface area (Å²) in [6.07, 6.45) is 6.29. The number of aliphatic hydroxyl groups excluding tert-OH is 1. The third-order valence-corrected chi connectivity index (χ3v) is 10.6. The van der Waals surface area contributed by atoms with Gasteiger partial charge in [0.1, 0.15) is 23.7 Å². The summed E-state index contributed by atoms with van der Waals surface area (Å²) in [4.78, 5) is 60.5.